The van der Waals surface area contributed by atoms with E-state index in [1.807, 2.05) is 0 Å². The normalized spacial score (nSPS) is 10.9. The van der Waals surface area contributed by atoms with Crippen molar-refractivity contribution in [3.05, 3.63) is 46.4 Å². The van der Waals surface area contributed by atoms with Crippen molar-refractivity contribution < 1.29 is 9.53 Å². The summed E-state index contributed by atoms with van der Waals surface area (Å²) in [5.41, 5.74) is 0.571. The fourth-order valence-corrected chi connectivity index (χ4v) is 1.45. The largest absolute Gasteiger partial charge is 0.466 e. The van der Waals surface area contributed by atoms with Crippen LogP contribution in [0.1, 0.15) is 5.56 Å². The van der Waals surface area contributed by atoms with Crippen LogP contribution in [0.5, 0.6) is 0 Å². The molecule has 5 heteroatoms. The molecule has 17 heavy (non-hydrogen) atoms. The number of H-pyrrole nitrogens is 1. The van der Waals surface area contributed by atoms with Crippen molar-refractivity contribution in [3.8, 4) is 0 Å². The predicted octanol–water partition coefficient (Wildman–Crippen LogP) is 1.11. The molecule has 0 fully saturated rings. The van der Waals surface area contributed by atoms with E-state index < -0.39 is 5.97 Å². The molecule has 1 N–H and O–H groups in total. The van der Waals surface area contributed by atoms with Gasteiger partial charge < -0.3 is 4.74 Å². The summed E-state index contributed by atoms with van der Waals surface area (Å²) in [4.78, 5) is 22.3. The topological polar surface area (TPSA) is 72.1 Å². The van der Waals surface area contributed by atoms with Crippen LogP contribution in [0.3, 0.4) is 0 Å². The Balaban J connectivity index is 2.42. The molecule has 0 saturated carbocycles. The molecule has 0 spiro atoms. The Morgan fingerprint density at radius 2 is 2.29 bits per heavy atom. The Morgan fingerprint density at radius 1 is 1.47 bits per heavy atom. The van der Waals surface area contributed by atoms with Crippen molar-refractivity contribution in [2.75, 3.05) is 7.11 Å². The van der Waals surface area contributed by atoms with Crippen molar-refractivity contribution in [2.45, 2.75) is 0 Å². The molecule has 0 aliphatic rings. The molecule has 5 nitrogen and oxygen atoms in total. The molecule has 0 aliphatic heterocycles. The van der Waals surface area contributed by atoms with Gasteiger partial charge in [-0.1, -0.05) is 6.07 Å². The number of nitrogens with one attached hydrogen (secondary N) is 1. The molecule has 0 saturated heterocycles. The lowest BCUT2D eigenvalue weighted by molar-refractivity contribution is -0.134. The van der Waals surface area contributed by atoms with E-state index in [0.29, 0.717) is 5.39 Å². The molecule has 0 radical (unpaired) electrons. The number of carbonyl (C=O) groups is 1. The molecule has 1 aromatic carbocycles. The third-order valence-corrected chi connectivity index (χ3v) is 2.30. The Hall–Kier alpha value is -2.43. The van der Waals surface area contributed by atoms with Crippen LogP contribution in [-0.4, -0.2) is 23.3 Å². The summed E-state index contributed by atoms with van der Waals surface area (Å²) < 4.78 is 4.49. The first kappa shape index (κ1) is 11.1. The van der Waals surface area contributed by atoms with Crippen molar-refractivity contribution in [2.24, 2.45) is 0 Å². The van der Waals surface area contributed by atoms with Crippen LogP contribution in [0.15, 0.2) is 35.3 Å². The number of carbonyl (C=O) groups excluding carboxylic acids is 1. The number of methoxy groups -OCH3 is 1. The molecule has 0 atom stereocenters. The second-order valence-corrected chi connectivity index (χ2v) is 3.40. The van der Waals surface area contributed by atoms with Crippen LogP contribution in [0.25, 0.3) is 16.8 Å². The summed E-state index contributed by atoms with van der Waals surface area (Å²) in [6.45, 7) is 0. The van der Waals surface area contributed by atoms with E-state index in [2.05, 4.69) is 14.9 Å². The second-order valence-electron chi connectivity index (χ2n) is 3.40. The van der Waals surface area contributed by atoms with Gasteiger partial charge in [0.15, 0.2) is 0 Å². The van der Waals surface area contributed by atoms with Crippen LogP contribution >= 0.6 is 0 Å². The number of benzene rings is 1. The lowest BCUT2D eigenvalue weighted by Gasteiger charge is -1.97. The Bertz CT molecular complexity index is 643. The molecule has 0 unspecified atom stereocenters. The van der Waals surface area contributed by atoms with E-state index in [4.69, 9.17) is 0 Å². The zero-order chi connectivity index (χ0) is 12.3. The highest BCUT2D eigenvalue weighted by atomic mass is 16.5. The van der Waals surface area contributed by atoms with Gasteiger partial charge in [-0.2, -0.15) is 5.10 Å². The van der Waals surface area contributed by atoms with Crippen LogP contribution in [0.2, 0.25) is 0 Å². The van der Waals surface area contributed by atoms with Crippen LogP contribution < -0.4 is 5.56 Å². The van der Waals surface area contributed by atoms with E-state index in [0.717, 1.165) is 10.9 Å². The summed E-state index contributed by atoms with van der Waals surface area (Å²) in [5, 5.41) is 7.36. The van der Waals surface area contributed by atoms with E-state index in [-0.39, 0.29) is 5.56 Å². The first-order chi connectivity index (χ1) is 8.20. The number of fused-ring (bicyclic) bond motifs is 1. The fraction of sp³-hybridized carbons (Fsp3) is 0.0833. The molecule has 0 bridgehead atoms. The summed E-state index contributed by atoms with van der Waals surface area (Å²) >= 11 is 0. The van der Waals surface area contributed by atoms with Gasteiger partial charge >= 0.3 is 5.97 Å². The average molecular weight is 230 g/mol. The zero-order valence-corrected chi connectivity index (χ0v) is 9.14. The average Bonchev–Trinajstić information content (AvgIpc) is 2.36. The van der Waals surface area contributed by atoms with Crippen molar-refractivity contribution in [1.29, 1.82) is 0 Å². The lowest BCUT2D eigenvalue weighted by Crippen LogP contribution is -2.07. The molecular weight excluding hydrogens is 220 g/mol. The number of hydrogen-bond donors (Lipinski definition) is 1. The minimum Gasteiger partial charge on any atom is -0.466 e. The molecule has 0 amide bonds. The molecule has 1 heterocycles. The number of rotatable bonds is 2. The lowest BCUT2D eigenvalue weighted by atomic mass is 10.1. The Labute approximate surface area is 96.7 Å². The molecule has 0 aliphatic carbocycles. The van der Waals surface area contributed by atoms with Crippen molar-refractivity contribution >= 4 is 22.8 Å². The second kappa shape index (κ2) is 4.61. The first-order valence-electron chi connectivity index (χ1n) is 4.94. The van der Waals surface area contributed by atoms with E-state index in [1.54, 1.807) is 30.5 Å². The maximum absolute atomic E-state index is 11.4. The van der Waals surface area contributed by atoms with E-state index in [1.165, 1.54) is 13.2 Å². The van der Waals surface area contributed by atoms with Gasteiger partial charge in [0.2, 0.25) is 0 Å². The van der Waals surface area contributed by atoms with Gasteiger partial charge in [0.05, 0.1) is 18.7 Å². The van der Waals surface area contributed by atoms with Crippen LogP contribution in [-0.2, 0) is 9.53 Å². The molecule has 86 valence electrons. The minimum absolute atomic E-state index is 0.231. The highest BCUT2D eigenvalue weighted by Gasteiger charge is 1.99. The van der Waals surface area contributed by atoms with Gasteiger partial charge in [-0.15, -0.1) is 0 Å². The standard InChI is InChI=1S/C12H10N2O3/c1-17-11(15)5-3-8-2-4-10-9(6-8)7-13-14-12(10)16/h2-7H,1H3,(H,14,16). The van der Waals surface area contributed by atoms with Gasteiger partial charge in [0.25, 0.3) is 5.56 Å². The quantitative estimate of drug-likeness (QED) is 0.619. The maximum atomic E-state index is 11.4. The minimum atomic E-state index is -0.422. The number of ether oxygens (including phenoxy) is 1. The van der Waals surface area contributed by atoms with Gasteiger partial charge in [0, 0.05) is 11.5 Å². The Morgan fingerprint density at radius 3 is 3.06 bits per heavy atom. The van der Waals surface area contributed by atoms with Crippen molar-refractivity contribution in [3.63, 3.8) is 0 Å². The smallest absolute Gasteiger partial charge is 0.330 e. The Kier molecular flexibility index (Phi) is 3.00. The van der Waals surface area contributed by atoms with Gasteiger partial charge in [-0.3, -0.25) is 4.79 Å². The number of nitrogens with zero attached hydrogens (tertiary/aromatic N) is 1. The highest BCUT2D eigenvalue weighted by molar-refractivity contribution is 5.89. The van der Waals surface area contributed by atoms with Crippen molar-refractivity contribution in [1.82, 2.24) is 10.2 Å². The molecule has 2 aromatic rings. The summed E-state index contributed by atoms with van der Waals surface area (Å²) in [6, 6.07) is 5.21. The fourth-order valence-electron chi connectivity index (χ4n) is 1.45. The zero-order valence-electron chi connectivity index (χ0n) is 9.14. The SMILES string of the molecule is COC(=O)C=Cc1ccc2c(=O)[nH]ncc2c1. The number of aromatic amines is 1. The number of hydrogen-bond acceptors (Lipinski definition) is 4. The predicted molar refractivity (Wildman–Crippen MR) is 63.4 cm³/mol. The van der Waals surface area contributed by atoms with Gasteiger partial charge in [-0.25, -0.2) is 9.89 Å². The molecular formula is C12H10N2O3. The van der Waals surface area contributed by atoms with Crippen LogP contribution in [0.4, 0.5) is 0 Å². The maximum Gasteiger partial charge on any atom is 0.330 e. The monoisotopic (exact) mass is 230 g/mol. The molecule has 2 rings (SSSR count). The van der Waals surface area contributed by atoms with Crippen LogP contribution in [0, 0.1) is 0 Å². The van der Waals surface area contributed by atoms with E-state index in [9.17, 15) is 9.59 Å². The summed E-state index contributed by atoms with van der Waals surface area (Å²) in [5.74, 6) is -0.422. The third kappa shape index (κ3) is 2.39. The van der Waals surface area contributed by atoms with Gasteiger partial charge in [-0.05, 0) is 23.8 Å². The van der Waals surface area contributed by atoms with E-state index >= 15 is 0 Å². The number of aromatic nitrogens is 2. The molecule has 1 aromatic heterocycles. The summed E-state index contributed by atoms with van der Waals surface area (Å²) in [6.07, 6.45) is 4.50. The first-order valence-corrected chi connectivity index (χ1v) is 4.94. The number of esters is 1. The van der Waals surface area contributed by atoms with Gasteiger partial charge in [0.1, 0.15) is 0 Å². The summed E-state index contributed by atoms with van der Waals surface area (Å²) in [7, 11) is 1.32. The third-order valence-electron chi connectivity index (χ3n) is 2.30. The highest BCUT2D eigenvalue weighted by Crippen LogP contribution is 2.12.